The molecule has 0 aliphatic heterocycles. The van der Waals surface area contributed by atoms with Crippen molar-refractivity contribution in [3.05, 3.63) is 23.0 Å². The molecule has 2 aromatic heterocycles. The quantitative estimate of drug-likeness (QED) is 0.905. The lowest BCUT2D eigenvalue weighted by Crippen LogP contribution is -2.02. The van der Waals surface area contributed by atoms with E-state index in [1.54, 1.807) is 17.5 Å². The number of thiazole rings is 1. The third-order valence-corrected chi connectivity index (χ3v) is 3.69. The fourth-order valence-corrected chi connectivity index (χ4v) is 2.76. The summed E-state index contributed by atoms with van der Waals surface area (Å²) in [5.41, 5.74) is 6.90. The summed E-state index contributed by atoms with van der Waals surface area (Å²) in [5.74, 6) is 1.51. The summed E-state index contributed by atoms with van der Waals surface area (Å²) < 4.78 is 1.98. The van der Waals surface area contributed by atoms with Crippen LogP contribution in [0.4, 0.5) is 0 Å². The average Bonchev–Trinajstić information content (AvgIpc) is 2.83. The lowest BCUT2D eigenvalue weighted by molar-refractivity contribution is 0.634. The van der Waals surface area contributed by atoms with Crippen molar-refractivity contribution in [2.24, 2.45) is 18.7 Å². The lowest BCUT2D eigenvalue weighted by Gasteiger charge is -2.02. The van der Waals surface area contributed by atoms with Crippen molar-refractivity contribution < 1.29 is 0 Å². The molecule has 0 aliphatic carbocycles. The minimum atomic E-state index is 0.560. The van der Waals surface area contributed by atoms with Crippen molar-refractivity contribution in [1.29, 1.82) is 0 Å². The Balaban J connectivity index is 2.37. The molecule has 0 atom stereocenters. The summed E-state index contributed by atoms with van der Waals surface area (Å²) in [6.45, 7) is 4.95. The van der Waals surface area contributed by atoms with E-state index in [2.05, 4.69) is 23.8 Å². The molecule has 0 bridgehead atoms. The van der Waals surface area contributed by atoms with E-state index in [0.29, 0.717) is 12.5 Å². The van der Waals surface area contributed by atoms with Crippen molar-refractivity contribution in [2.45, 2.75) is 26.8 Å². The summed E-state index contributed by atoms with van der Waals surface area (Å²) in [4.78, 5) is 10.2. The predicted octanol–water partition coefficient (Wildman–Crippen LogP) is 2.20. The van der Waals surface area contributed by atoms with E-state index < -0.39 is 0 Å². The maximum absolute atomic E-state index is 5.77. The highest BCUT2D eigenvalue weighted by molar-refractivity contribution is 7.15. The largest absolute Gasteiger partial charge is 0.332 e. The number of hydrogen-bond donors (Lipinski definition) is 1. The first kappa shape index (κ1) is 12.3. The smallest absolute Gasteiger partial charge is 0.168 e. The number of rotatable bonds is 4. The second-order valence-electron chi connectivity index (χ2n) is 4.55. The molecule has 0 saturated heterocycles. The molecule has 17 heavy (non-hydrogen) atoms. The third-order valence-electron chi connectivity index (χ3n) is 2.58. The average molecular weight is 250 g/mol. The maximum Gasteiger partial charge on any atom is 0.168 e. The zero-order valence-electron chi connectivity index (χ0n) is 10.5. The van der Waals surface area contributed by atoms with Gasteiger partial charge in [-0.05, 0) is 12.3 Å². The highest BCUT2D eigenvalue weighted by Crippen LogP contribution is 2.27. The third kappa shape index (κ3) is 2.56. The van der Waals surface area contributed by atoms with Gasteiger partial charge in [0.2, 0.25) is 0 Å². The number of hydrogen-bond acceptors (Lipinski definition) is 4. The number of nitrogens with zero attached hydrogens (tertiary/aromatic N) is 3. The molecule has 2 rings (SSSR count). The summed E-state index contributed by atoms with van der Waals surface area (Å²) in [6, 6.07) is 0. The van der Waals surface area contributed by atoms with Crippen LogP contribution in [0.25, 0.3) is 10.8 Å². The molecule has 0 saturated carbocycles. The van der Waals surface area contributed by atoms with Gasteiger partial charge in [-0.1, -0.05) is 13.8 Å². The molecule has 2 aromatic rings. The van der Waals surface area contributed by atoms with Crippen LogP contribution in [0.5, 0.6) is 0 Å². The minimum Gasteiger partial charge on any atom is -0.332 e. The van der Waals surface area contributed by atoms with Gasteiger partial charge in [0.1, 0.15) is 0 Å². The van der Waals surface area contributed by atoms with Gasteiger partial charge in [-0.15, -0.1) is 11.3 Å². The van der Waals surface area contributed by atoms with E-state index in [0.717, 1.165) is 22.9 Å². The maximum atomic E-state index is 5.77. The van der Waals surface area contributed by atoms with Gasteiger partial charge < -0.3 is 10.3 Å². The van der Waals surface area contributed by atoms with Crippen LogP contribution >= 0.6 is 11.3 Å². The van der Waals surface area contributed by atoms with Crippen molar-refractivity contribution in [2.75, 3.05) is 0 Å². The lowest BCUT2D eigenvalue weighted by atomic mass is 10.1. The Morgan fingerprint density at radius 3 is 2.76 bits per heavy atom. The topological polar surface area (TPSA) is 56.7 Å². The number of nitrogens with two attached hydrogens (primary N) is 1. The fraction of sp³-hybridized carbons (Fsp3) is 0.500. The number of aromatic nitrogens is 3. The molecule has 4 nitrogen and oxygen atoms in total. The normalized spacial score (nSPS) is 11.4. The number of imidazole rings is 1. The van der Waals surface area contributed by atoms with Crippen LogP contribution in [0.3, 0.4) is 0 Å². The molecule has 0 radical (unpaired) electrons. The van der Waals surface area contributed by atoms with E-state index in [9.17, 15) is 0 Å². The molecular formula is C12H18N4S. The van der Waals surface area contributed by atoms with E-state index >= 15 is 0 Å². The van der Waals surface area contributed by atoms with E-state index in [4.69, 9.17) is 5.73 Å². The zero-order valence-corrected chi connectivity index (χ0v) is 11.3. The van der Waals surface area contributed by atoms with Crippen molar-refractivity contribution in [3.63, 3.8) is 0 Å². The van der Waals surface area contributed by atoms with Crippen LogP contribution in [-0.2, 0) is 20.0 Å². The Morgan fingerprint density at radius 2 is 2.24 bits per heavy atom. The van der Waals surface area contributed by atoms with Crippen LogP contribution in [0, 0.1) is 5.92 Å². The van der Waals surface area contributed by atoms with Gasteiger partial charge in [0.15, 0.2) is 10.8 Å². The summed E-state index contributed by atoms with van der Waals surface area (Å²) in [7, 11) is 1.98. The molecule has 0 aliphatic rings. The van der Waals surface area contributed by atoms with Gasteiger partial charge in [-0.3, -0.25) is 0 Å². The molecule has 2 heterocycles. The van der Waals surface area contributed by atoms with Gasteiger partial charge in [-0.2, -0.15) is 0 Å². The first-order valence-corrected chi connectivity index (χ1v) is 6.59. The molecule has 0 unspecified atom stereocenters. The van der Waals surface area contributed by atoms with E-state index in [1.807, 2.05) is 17.8 Å². The Hall–Kier alpha value is -1.20. The summed E-state index contributed by atoms with van der Waals surface area (Å²) in [5, 5.41) is 0.966. The molecule has 0 aromatic carbocycles. The SMILES string of the molecule is CC(C)Cc1nc(-c2nccn2C)sc1CN. The number of aryl methyl sites for hydroxylation is 1. The second kappa shape index (κ2) is 4.98. The monoisotopic (exact) mass is 250 g/mol. The highest BCUT2D eigenvalue weighted by atomic mass is 32.1. The zero-order chi connectivity index (χ0) is 12.4. The Morgan fingerprint density at radius 1 is 1.47 bits per heavy atom. The first-order chi connectivity index (χ1) is 8.11. The van der Waals surface area contributed by atoms with E-state index in [1.165, 1.54) is 4.88 Å². The molecular weight excluding hydrogens is 232 g/mol. The molecule has 92 valence electrons. The van der Waals surface area contributed by atoms with Gasteiger partial charge in [0.25, 0.3) is 0 Å². The van der Waals surface area contributed by atoms with Gasteiger partial charge in [-0.25, -0.2) is 9.97 Å². The van der Waals surface area contributed by atoms with Crippen molar-refractivity contribution in [1.82, 2.24) is 14.5 Å². The minimum absolute atomic E-state index is 0.560. The fourth-order valence-electron chi connectivity index (χ4n) is 1.76. The molecule has 0 spiro atoms. The van der Waals surface area contributed by atoms with Crippen LogP contribution in [0.15, 0.2) is 12.4 Å². The standard InChI is InChI=1S/C12H18N4S/c1-8(2)6-9-10(7-13)17-12(15-9)11-14-4-5-16(11)3/h4-5,8H,6-7,13H2,1-3H3. The van der Waals surface area contributed by atoms with Gasteiger partial charge in [0.05, 0.1) is 5.69 Å². The summed E-state index contributed by atoms with van der Waals surface area (Å²) in [6.07, 6.45) is 4.70. The van der Waals surface area contributed by atoms with Gasteiger partial charge in [0, 0.05) is 30.9 Å². The molecule has 2 N–H and O–H groups in total. The Kier molecular flexibility index (Phi) is 3.59. The van der Waals surface area contributed by atoms with Crippen LogP contribution in [0.1, 0.15) is 24.4 Å². The van der Waals surface area contributed by atoms with Crippen LogP contribution < -0.4 is 5.73 Å². The summed E-state index contributed by atoms with van der Waals surface area (Å²) >= 11 is 1.65. The highest BCUT2D eigenvalue weighted by Gasteiger charge is 2.14. The van der Waals surface area contributed by atoms with Crippen molar-refractivity contribution in [3.8, 4) is 10.8 Å². The molecule has 5 heteroatoms. The van der Waals surface area contributed by atoms with Crippen molar-refractivity contribution >= 4 is 11.3 Å². The van der Waals surface area contributed by atoms with Gasteiger partial charge >= 0.3 is 0 Å². The Bertz CT molecular complexity index is 498. The predicted molar refractivity (Wildman–Crippen MR) is 70.7 cm³/mol. The van der Waals surface area contributed by atoms with E-state index in [-0.39, 0.29) is 0 Å². The second-order valence-corrected chi connectivity index (χ2v) is 5.64. The van der Waals surface area contributed by atoms with Crippen LogP contribution in [0.2, 0.25) is 0 Å². The molecule has 0 amide bonds. The molecule has 0 fully saturated rings. The first-order valence-electron chi connectivity index (χ1n) is 5.78. The van der Waals surface area contributed by atoms with Crippen LogP contribution in [-0.4, -0.2) is 14.5 Å². The Labute approximate surface area is 106 Å².